The summed E-state index contributed by atoms with van der Waals surface area (Å²) in [5.41, 5.74) is 1.20. The molecule has 0 bridgehead atoms. The second-order valence-electron chi connectivity index (χ2n) is 3.48. The van der Waals surface area contributed by atoms with E-state index in [-0.39, 0.29) is 0 Å². The first-order valence-electron chi connectivity index (χ1n) is 5.14. The molecule has 14 heavy (non-hydrogen) atoms. The van der Waals surface area contributed by atoms with Crippen LogP contribution in [0.15, 0.2) is 30.3 Å². The van der Waals surface area contributed by atoms with Crippen LogP contribution < -0.4 is 5.32 Å². The minimum absolute atomic E-state index is 0.430. The van der Waals surface area contributed by atoms with Crippen LogP contribution in [0.4, 0.5) is 5.69 Å². The smallest absolute Gasteiger partial charge is 0.146 e. The Hall–Kier alpha value is -0.803. The Morgan fingerprint density at radius 2 is 2.07 bits per heavy atom. The highest BCUT2D eigenvalue weighted by molar-refractivity contribution is 5.98. The van der Waals surface area contributed by atoms with Crippen LogP contribution in [0.2, 0.25) is 0 Å². The Labute approximate surface area is 89.2 Å². The molecule has 1 aromatic carbocycles. The van der Waals surface area contributed by atoms with E-state index in [1.54, 1.807) is 0 Å². The average molecular weight is 209 g/mol. The zero-order chi connectivity index (χ0) is 10.2. The van der Waals surface area contributed by atoms with Gasteiger partial charge in [0.2, 0.25) is 0 Å². The molecule has 3 heteroatoms. The van der Waals surface area contributed by atoms with Gasteiger partial charge in [0.05, 0.1) is 0 Å². The predicted octanol–water partition coefficient (Wildman–Crippen LogP) is 1.56. The molecule has 0 aliphatic rings. The Kier molecular flexibility index (Phi) is 5.33. The second kappa shape index (κ2) is 6.62. The molecule has 1 unspecified atom stereocenters. The van der Waals surface area contributed by atoms with Gasteiger partial charge in [0.15, 0.2) is 0 Å². The maximum absolute atomic E-state index is 5.31. The third-order valence-corrected chi connectivity index (χ3v) is 3.10. The van der Waals surface area contributed by atoms with Crippen LogP contribution in [0.5, 0.6) is 0 Å². The Morgan fingerprint density at radius 1 is 1.36 bits per heavy atom. The molecule has 0 amide bonds. The lowest BCUT2D eigenvalue weighted by atomic mass is 10.2. The molecule has 78 valence electrons. The van der Waals surface area contributed by atoms with Crippen molar-refractivity contribution in [1.82, 2.24) is 0 Å². The van der Waals surface area contributed by atoms with Gasteiger partial charge in [-0.2, -0.15) is 0 Å². The lowest BCUT2D eigenvalue weighted by Gasteiger charge is -2.10. The first-order valence-corrected chi connectivity index (χ1v) is 5.96. The van der Waals surface area contributed by atoms with E-state index in [2.05, 4.69) is 24.4 Å². The quantitative estimate of drug-likeness (QED) is 0.567. The third kappa shape index (κ3) is 4.44. The highest BCUT2D eigenvalue weighted by Crippen LogP contribution is 2.06. The zero-order valence-corrected chi connectivity index (χ0v) is 11.0. The van der Waals surface area contributed by atoms with Crippen molar-refractivity contribution < 1.29 is 4.43 Å². The SMILES string of the molecule is CC(CCCNc1ccccc1)O[SiH3]. The molecule has 0 fully saturated rings. The van der Waals surface area contributed by atoms with Crippen LogP contribution >= 0.6 is 0 Å². The molecule has 0 saturated carbocycles. The molecule has 0 aliphatic heterocycles. The van der Waals surface area contributed by atoms with E-state index in [9.17, 15) is 0 Å². The number of nitrogens with one attached hydrogen (secondary N) is 1. The van der Waals surface area contributed by atoms with Crippen molar-refractivity contribution in [2.75, 3.05) is 11.9 Å². The van der Waals surface area contributed by atoms with Gasteiger partial charge >= 0.3 is 0 Å². The van der Waals surface area contributed by atoms with E-state index in [4.69, 9.17) is 4.43 Å². The molecular formula is C11H19NOSi. The van der Waals surface area contributed by atoms with Crippen molar-refractivity contribution in [1.29, 1.82) is 0 Å². The third-order valence-electron chi connectivity index (χ3n) is 2.29. The molecule has 0 heterocycles. The molecule has 1 atom stereocenters. The molecule has 1 rings (SSSR count). The van der Waals surface area contributed by atoms with Gasteiger partial charge in [0.25, 0.3) is 0 Å². The lowest BCUT2D eigenvalue weighted by Crippen LogP contribution is -2.09. The van der Waals surface area contributed by atoms with Crippen molar-refractivity contribution in [3.05, 3.63) is 30.3 Å². The molecule has 0 aliphatic carbocycles. The fourth-order valence-electron chi connectivity index (χ4n) is 1.30. The van der Waals surface area contributed by atoms with Gasteiger partial charge in [0.1, 0.15) is 10.5 Å². The van der Waals surface area contributed by atoms with E-state index in [1.165, 1.54) is 5.69 Å². The first kappa shape index (κ1) is 11.3. The topological polar surface area (TPSA) is 21.3 Å². The van der Waals surface area contributed by atoms with Crippen LogP contribution in [-0.2, 0) is 4.43 Å². The van der Waals surface area contributed by atoms with E-state index >= 15 is 0 Å². The van der Waals surface area contributed by atoms with Gasteiger partial charge in [-0.25, -0.2) is 0 Å². The van der Waals surface area contributed by atoms with Crippen LogP contribution in [0.1, 0.15) is 19.8 Å². The van der Waals surface area contributed by atoms with E-state index < -0.39 is 0 Å². The number of para-hydroxylation sites is 1. The van der Waals surface area contributed by atoms with Crippen LogP contribution in [0.25, 0.3) is 0 Å². The molecule has 2 nitrogen and oxygen atoms in total. The fraction of sp³-hybridized carbons (Fsp3) is 0.455. The molecule has 0 aromatic heterocycles. The maximum atomic E-state index is 5.31. The van der Waals surface area contributed by atoms with E-state index in [1.807, 2.05) is 18.2 Å². The molecule has 0 saturated heterocycles. The Bertz CT molecular complexity index is 240. The van der Waals surface area contributed by atoms with Crippen molar-refractivity contribution in [3.8, 4) is 0 Å². The minimum Gasteiger partial charge on any atom is -0.425 e. The first-order chi connectivity index (χ1) is 6.83. The van der Waals surface area contributed by atoms with Gasteiger partial charge in [-0.1, -0.05) is 18.2 Å². The van der Waals surface area contributed by atoms with Gasteiger partial charge in [-0.05, 0) is 31.9 Å². The molecule has 0 radical (unpaired) electrons. The van der Waals surface area contributed by atoms with Gasteiger partial charge < -0.3 is 9.74 Å². The normalized spacial score (nSPS) is 12.6. The zero-order valence-electron chi connectivity index (χ0n) is 8.99. The summed E-state index contributed by atoms with van der Waals surface area (Å²) in [5, 5.41) is 3.38. The highest BCUT2D eigenvalue weighted by atomic mass is 28.2. The molecular weight excluding hydrogens is 190 g/mol. The Morgan fingerprint density at radius 3 is 2.71 bits per heavy atom. The van der Waals surface area contributed by atoms with Crippen molar-refractivity contribution in [2.24, 2.45) is 0 Å². The lowest BCUT2D eigenvalue weighted by molar-refractivity contribution is 0.230. The molecule has 1 N–H and O–H groups in total. The van der Waals surface area contributed by atoms with Crippen LogP contribution in [0.3, 0.4) is 0 Å². The van der Waals surface area contributed by atoms with Gasteiger partial charge in [-0.15, -0.1) is 0 Å². The number of benzene rings is 1. The summed E-state index contributed by atoms with van der Waals surface area (Å²) >= 11 is 0. The predicted molar refractivity (Wildman–Crippen MR) is 64.7 cm³/mol. The highest BCUT2D eigenvalue weighted by Gasteiger charge is 1.97. The maximum Gasteiger partial charge on any atom is 0.146 e. The van der Waals surface area contributed by atoms with Gasteiger partial charge in [-0.3, -0.25) is 0 Å². The van der Waals surface area contributed by atoms with E-state index in [0.29, 0.717) is 6.10 Å². The monoisotopic (exact) mass is 209 g/mol. The average Bonchev–Trinajstić information content (AvgIpc) is 2.25. The number of rotatable bonds is 6. The summed E-state index contributed by atoms with van der Waals surface area (Å²) in [7, 11) is 0.847. The van der Waals surface area contributed by atoms with Crippen molar-refractivity contribution in [3.63, 3.8) is 0 Å². The summed E-state index contributed by atoms with van der Waals surface area (Å²) < 4.78 is 5.31. The fourth-order valence-corrected chi connectivity index (χ4v) is 1.53. The van der Waals surface area contributed by atoms with Crippen LogP contribution in [0, 0.1) is 0 Å². The van der Waals surface area contributed by atoms with Gasteiger partial charge in [0, 0.05) is 18.3 Å². The number of anilines is 1. The summed E-state index contributed by atoms with van der Waals surface area (Å²) in [6, 6.07) is 10.3. The number of hydrogen-bond acceptors (Lipinski definition) is 2. The minimum atomic E-state index is 0.430. The van der Waals surface area contributed by atoms with Crippen LogP contribution in [-0.4, -0.2) is 23.1 Å². The number of hydrogen-bond donors (Lipinski definition) is 1. The van der Waals surface area contributed by atoms with E-state index in [0.717, 1.165) is 29.9 Å². The molecule has 0 spiro atoms. The summed E-state index contributed by atoms with van der Waals surface area (Å²) in [6.45, 7) is 3.16. The molecule has 1 aromatic rings. The largest absolute Gasteiger partial charge is 0.425 e. The second-order valence-corrected chi connectivity index (χ2v) is 3.95. The standard InChI is InChI=1S/C11H19NOSi/c1-10(13-14)6-5-9-12-11-7-3-2-4-8-11/h2-4,7-8,10,12H,5-6,9H2,1,14H3. The van der Waals surface area contributed by atoms with Crippen molar-refractivity contribution in [2.45, 2.75) is 25.9 Å². The summed E-state index contributed by atoms with van der Waals surface area (Å²) in [6.07, 6.45) is 2.74. The Balaban J connectivity index is 2.10. The van der Waals surface area contributed by atoms with Crippen molar-refractivity contribution >= 4 is 16.2 Å². The summed E-state index contributed by atoms with van der Waals surface area (Å²) in [5.74, 6) is 0. The summed E-state index contributed by atoms with van der Waals surface area (Å²) in [4.78, 5) is 0.